The summed E-state index contributed by atoms with van der Waals surface area (Å²) < 4.78 is 2.03. The van der Waals surface area contributed by atoms with Crippen molar-refractivity contribution in [2.24, 2.45) is 0 Å². The summed E-state index contributed by atoms with van der Waals surface area (Å²) in [5, 5.41) is 10.5. The molecule has 1 heterocycles. The molecule has 0 saturated carbocycles. The summed E-state index contributed by atoms with van der Waals surface area (Å²) in [4.78, 5) is 13.6. The van der Waals surface area contributed by atoms with E-state index >= 15 is 0 Å². The highest BCUT2D eigenvalue weighted by atomic mass is 32.2. The van der Waals surface area contributed by atoms with Gasteiger partial charge in [0.15, 0.2) is 0 Å². The minimum atomic E-state index is -0.541. The van der Waals surface area contributed by atoms with Gasteiger partial charge in [0, 0.05) is 5.75 Å². The number of thiocarbonyl (C=S) groups is 1. The maximum Gasteiger partial charge on any atom is 0.381 e. The molecule has 0 fully saturated rings. The number of aromatic nitrogens is 2. The smallest absolute Gasteiger partial charge is 0.358 e. The van der Waals surface area contributed by atoms with Gasteiger partial charge in [-0.3, -0.25) is 4.57 Å². The molecule has 1 aromatic heterocycles. The number of benzene rings is 1. The minimum absolute atomic E-state index is 0.197. The molecule has 0 radical (unpaired) electrons. The zero-order valence-corrected chi connectivity index (χ0v) is 10.9. The molecule has 18 heavy (non-hydrogen) atoms. The Balaban J connectivity index is 1.97. The van der Waals surface area contributed by atoms with Crippen LogP contribution in [-0.4, -0.2) is 18.8 Å². The number of hydrogen-bond acceptors (Lipinski definition) is 5. The molecule has 0 aliphatic rings. The lowest BCUT2D eigenvalue weighted by Gasteiger charge is -2.02. The van der Waals surface area contributed by atoms with Crippen molar-refractivity contribution >= 4 is 34.1 Å². The Hall–Kier alpha value is -1.73. The zero-order chi connectivity index (χ0) is 13.0. The monoisotopic (exact) mass is 279 g/mol. The van der Waals surface area contributed by atoms with Gasteiger partial charge in [-0.25, -0.2) is 0 Å². The third-order valence-corrected chi connectivity index (χ3v) is 3.67. The molecule has 2 aromatic rings. The van der Waals surface area contributed by atoms with E-state index in [2.05, 4.69) is 4.98 Å². The summed E-state index contributed by atoms with van der Waals surface area (Å²) in [6, 6.07) is 9.88. The fraction of sp³-hybridized carbons (Fsp3) is 0.0909. The fourth-order valence-electron chi connectivity index (χ4n) is 1.30. The number of imidazole rings is 1. The molecule has 0 saturated heterocycles. The van der Waals surface area contributed by atoms with Gasteiger partial charge in [0.25, 0.3) is 0 Å². The minimum Gasteiger partial charge on any atom is -0.358 e. The third-order valence-electron chi connectivity index (χ3n) is 2.17. The van der Waals surface area contributed by atoms with Gasteiger partial charge in [-0.15, -0.1) is 0 Å². The molecular weight excluding hydrogens is 270 g/mol. The van der Waals surface area contributed by atoms with Crippen LogP contribution in [0.25, 0.3) is 0 Å². The van der Waals surface area contributed by atoms with Gasteiger partial charge in [0.05, 0.1) is 0 Å². The van der Waals surface area contributed by atoms with Gasteiger partial charge < -0.3 is 10.1 Å². The predicted molar refractivity (Wildman–Crippen MR) is 74.6 cm³/mol. The van der Waals surface area contributed by atoms with E-state index in [1.165, 1.54) is 28.9 Å². The summed E-state index contributed by atoms with van der Waals surface area (Å²) in [6.45, 7) is 0. The van der Waals surface area contributed by atoms with Gasteiger partial charge in [-0.1, -0.05) is 54.3 Å². The van der Waals surface area contributed by atoms with Crippen LogP contribution in [0.5, 0.6) is 0 Å². The normalized spacial score (nSPS) is 10.2. The summed E-state index contributed by atoms with van der Waals surface area (Å²) in [5.74, 6) is 0.531. The van der Waals surface area contributed by atoms with Crippen LogP contribution in [0.2, 0.25) is 0 Å². The van der Waals surface area contributed by atoms with Crippen LogP contribution in [0.4, 0.5) is 5.82 Å². The molecule has 1 aromatic carbocycles. The molecule has 7 heteroatoms. The number of thioether (sulfide) groups is 1. The molecule has 92 valence electrons. The Morgan fingerprint density at radius 1 is 1.44 bits per heavy atom. The average Bonchev–Trinajstić information content (AvgIpc) is 2.87. The first kappa shape index (κ1) is 12.7. The Bertz CT molecular complexity index is 569. The first-order chi connectivity index (χ1) is 8.66. The number of rotatable bonds is 3. The topological polar surface area (TPSA) is 61.0 Å². The number of nitro groups is 1. The first-order valence-electron chi connectivity index (χ1n) is 5.06. The van der Waals surface area contributed by atoms with Crippen molar-refractivity contribution in [3.8, 4) is 0 Å². The van der Waals surface area contributed by atoms with E-state index in [1.54, 1.807) is 0 Å². The van der Waals surface area contributed by atoms with Crippen LogP contribution < -0.4 is 0 Å². The number of nitrogens with zero attached hydrogens (tertiary/aromatic N) is 3. The van der Waals surface area contributed by atoms with Crippen LogP contribution in [0.15, 0.2) is 42.9 Å². The average molecular weight is 279 g/mol. The van der Waals surface area contributed by atoms with Crippen molar-refractivity contribution in [1.29, 1.82) is 0 Å². The second-order valence-electron chi connectivity index (χ2n) is 3.44. The first-order valence-corrected chi connectivity index (χ1v) is 6.45. The molecule has 2 rings (SSSR count). The van der Waals surface area contributed by atoms with Crippen molar-refractivity contribution in [2.45, 2.75) is 5.75 Å². The van der Waals surface area contributed by atoms with Crippen LogP contribution in [-0.2, 0) is 5.75 Å². The standard InChI is InChI=1S/C11H9N3O2S2/c15-14(16)10-6-13(8-12-10)11(17)18-7-9-4-2-1-3-5-9/h1-6,8H,7H2. The Morgan fingerprint density at radius 3 is 2.78 bits per heavy atom. The number of hydrogen-bond donors (Lipinski definition) is 0. The van der Waals surface area contributed by atoms with Crippen molar-refractivity contribution in [1.82, 2.24) is 9.55 Å². The highest BCUT2D eigenvalue weighted by Crippen LogP contribution is 2.16. The van der Waals surface area contributed by atoms with Gasteiger partial charge >= 0.3 is 5.82 Å². The molecular formula is C11H9N3O2S2. The second-order valence-corrected chi connectivity index (χ2v) is 5.05. The van der Waals surface area contributed by atoms with E-state index in [-0.39, 0.29) is 5.82 Å². The van der Waals surface area contributed by atoms with E-state index < -0.39 is 4.92 Å². The molecule has 5 nitrogen and oxygen atoms in total. The molecule has 0 amide bonds. The third kappa shape index (κ3) is 3.14. The molecule has 0 aliphatic carbocycles. The molecule has 0 spiro atoms. The zero-order valence-electron chi connectivity index (χ0n) is 9.22. The lowest BCUT2D eigenvalue weighted by Crippen LogP contribution is -2.02. The molecule has 0 N–H and O–H groups in total. The Morgan fingerprint density at radius 2 is 2.17 bits per heavy atom. The van der Waals surface area contributed by atoms with E-state index in [4.69, 9.17) is 12.2 Å². The van der Waals surface area contributed by atoms with Crippen molar-refractivity contribution in [3.63, 3.8) is 0 Å². The fourth-order valence-corrected chi connectivity index (χ4v) is 2.31. The van der Waals surface area contributed by atoms with Gasteiger partial charge in [0.1, 0.15) is 10.5 Å². The van der Waals surface area contributed by atoms with Crippen LogP contribution in [0.1, 0.15) is 5.56 Å². The van der Waals surface area contributed by atoms with E-state index in [9.17, 15) is 10.1 Å². The molecule has 0 bridgehead atoms. The van der Waals surface area contributed by atoms with Crippen molar-refractivity contribution < 1.29 is 4.92 Å². The van der Waals surface area contributed by atoms with Gasteiger partial charge in [-0.05, 0) is 15.5 Å². The largest absolute Gasteiger partial charge is 0.381 e. The molecule has 0 aliphatic heterocycles. The lowest BCUT2D eigenvalue weighted by molar-refractivity contribution is -0.389. The Labute approximate surface area is 113 Å². The van der Waals surface area contributed by atoms with Crippen molar-refractivity contribution in [2.75, 3.05) is 0 Å². The van der Waals surface area contributed by atoms with E-state index in [0.29, 0.717) is 4.32 Å². The summed E-state index contributed by atoms with van der Waals surface area (Å²) >= 11 is 6.62. The maximum absolute atomic E-state index is 10.5. The van der Waals surface area contributed by atoms with Crippen LogP contribution >= 0.6 is 24.0 Å². The summed E-state index contributed by atoms with van der Waals surface area (Å²) in [5.41, 5.74) is 1.15. The SMILES string of the molecule is O=[N+]([O-])c1cn(C(=S)SCc2ccccc2)cn1. The maximum atomic E-state index is 10.5. The van der Waals surface area contributed by atoms with Crippen LogP contribution in [0.3, 0.4) is 0 Å². The highest BCUT2D eigenvalue weighted by Gasteiger charge is 2.12. The molecule has 0 unspecified atom stereocenters. The van der Waals surface area contributed by atoms with Gasteiger partial charge in [0.2, 0.25) is 6.33 Å². The van der Waals surface area contributed by atoms with E-state index in [0.717, 1.165) is 11.3 Å². The molecule has 0 atom stereocenters. The quantitative estimate of drug-likeness (QED) is 0.491. The second kappa shape index (κ2) is 5.74. The highest BCUT2D eigenvalue weighted by molar-refractivity contribution is 8.22. The Kier molecular flexibility index (Phi) is 4.06. The van der Waals surface area contributed by atoms with Crippen molar-refractivity contribution in [3.05, 3.63) is 58.5 Å². The summed E-state index contributed by atoms with van der Waals surface area (Å²) in [6.07, 6.45) is 2.68. The summed E-state index contributed by atoms with van der Waals surface area (Å²) in [7, 11) is 0. The van der Waals surface area contributed by atoms with E-state index in [1.807, 2.05) is 30.3 Å². The predicted octanol–water partition coefficient (Wildman–Crippen LogP) is 2.86. The lowest BCUT2D eigenvalue weighted by atomic mass is 10.2. The van der Waals surface area contributed by atoms with Crippen LogP contribution in [0, 0.1) is 10.1 Å². The van der Waals surface area contributed by atoms with Gasteiger partial charge in [-0.2, -0.15) is 0 Å².